The van der Waals surface area contributed by atoms with Crippen molar-refractivity contribution in [2.45, 2.75) is 71.4 Å². The zero-order chi connectivity index (χ0) is 41.4. The van der Waals surface area contributed by atoms with Gasteiger partial charge in [-0.05, 0) is 62.2 Å². The van der Waals surface area contributed by atoms with E-state index in [-0.39, 0.29) is 41.7 Å². The molecule has 0 saturated heterocycles. The molecule has 2 aromatic carbocycles. The first-order chi connectivity index (χ1) is 26.7. The van der Waals surface area contributed by atoms with Gasteiger partial charge in [-0.15, -0.1) is 0 Å². The third kappa shape index (κ3) is 12.3. The van der Waals surface area contributed by atoms with Gasteiger partial charge in [0, 0.05) is 25.3 Å². The predicted molar refractivity (Wildman–Crippen MR) is 203 cm³/mol. The molecule has 17 nitrogen and oxygen atoms in total. The molecule has 0 spiro atoms. The number of aliphatic carboxylic acids is 2. The Morgan fingerprint density at radius 2 is 1.66 bits per heavy atom. The van der Waals surface area contributed by atoms with E-state index in [0.29, 0.717) is 31.2 Å². The van der Waals surface area contributed by atoms with E-state index >= 15 is 0 Å². The van der Waals surface area contributed by atoms with Crippen LogP contribution in [0.4, 0.5) is 5.69 Å². The quantitative estimate of drug-likeness (QED) is 0.0396. The lowest BCUT2D eigenvalue weighted by molar-refractivity contribution is -0.171. The lowest BCUT2D eigenvalue weighted by Crippen LogP contribution is -2.49. The van der Waals surface area contributed by atoms with Gasteiger partial charge in [0.25, 0.3) is 11.8 Å². The first-order valence-electron chi connectivity index (χ1n) is 18.2. The Labute approximate surface area is 324 Å². The molecule has 0 fully saturated rings. The number of carbonyl (C=O) groups is 7. The molecule has 0 aliphatic rings. The van der Waals surface area contributed by atoms with Crippen LogP contribution in [0.2, 0.25) is 0 Å². The summed E-state index contributed by atoms with van der Waals surface area (Å²) in [6.07, 6.45) is 2.62. The first kappa shape index (κ1) is 44.0. The Kier molecular flexibility index (Phi) is 16.9. The summed E-state index contributed by atoms with van der Waals surface area (Å²) in [5.41, 5.74) is 1.35. The minimum Gasteiger partial charge on any atom is -0.493 e. The third-order valence-electron chi connectivity index (χ3n) is 8.69. The zero-order valence-corrected chi connectivity index (χ0v) is 32.0. The first-order valence-corrected chi connectivity index (χ1v) is 18.2. The second-order valence-electron chi connectivity index (χ2n) is 12.9. The second-order valence-corrected chi connectivity index (χ2v) is 12.9. The molecule has 0 saturated carbocycles. The highest BCUT2D eigenvalue weighted by atomic mass is 16.7. The number of rotatable bonds is 23. The molecule has 1 heterocycles. The van der Waals surface area contributed by atoms with Crippen molar-refractivity contribution in [3.05, 3.63) is 71.5 Å². The number of benzene rings is 2. The number of carboxylic acid groups (broad SMARTS) is 2. The van der Waals surface area contributed by atoms with E-state index in [1.54, 1.807) is 32.0 Å². The fourth-order valence-corrected chi connectivity index (χ4v) is 5.77. The molecule has 1 aromatic heterocycles. The highest BCUT2D eigenvalue weighted by Gasteiger charge is 2.34. The van der Waals surface area contributed by atoms with E-state index in [0.717, 1.165) is 23.6 Å². The lowest BCUT2D eigenvalue weighted by atomic mass is 9.90. The Morgan fingerprint density at radius 3 is 2.29 bits per heavy atom. The van der Waals surface area contributed by atoms with Crippen molar-refractivity contribution < 1.29 is 57.8 Å². The molecule has 0 aliphatic carbocycles. The van der Waals surface area contributed by atoms with Crippen LogP contribution in [0.15, 0.2) is 59.0 Å². The van der Waals surface area contributed by atoms with Gasteiger partial charge in [0.15, 0.2) is 5.76 Å². The van der Waals surface area contributed by atoms with Gasteiger partial charge in [-0.3, -0.25) is 24.0 Å². The Balaban J connectivity index is 1.70. The number of furan rings is 1. The standard InChI is InChI=1S/C39H49N5O12/c1-6-9-10-14-27(30(7-2)44(23-45)56-39(53)25-12-11-13-26(19-25)43(4)5)35(48)40-22-41-37(50)32-18-17-31(55-32)24-15-16-28(33(20-24)54-8-3)36(49)42-29(38(51)52)21-34(46)47/h11-13,15-20,23,27,29-30H,6-10,14,21-22H2,1-5H3,(H,40,48)(H,41,50)(H,42,49)(H,46,47)(H,51,52). The normalized spacial score (nSPS) is 12.3. The van der Waals surface area contributed by atoms with Gasteiger partial charge in [0.1, 0.15) is 17.6 Å². The van der Waals surface area contributed by atoms with Crippen molar-refractivity contribution >= 4 is 47.7 Å². The number of carbonyl (C=O) groups excluding carboxylic acids is 5. The largest absolute Gasteiger partial charge is 0.493 e. The van der Waals surface area contributed by atoms with Crippen LogP contribution in [-0.2, 0) is 24.0 Å². The maximum Gasteiger partial charge on any atom is 0.363 e. The van der Waals surface area contributed by atoms with E-state index in [1.165, 1.54) is 30.3 Å². The molecule has 3 unspecified atom stereocenters. The van der Waals surface area contributed by atoms with Crippen molar-refractivity contribution in [1.29, 1.82) is 0 Å². The van der Waals surface area contributed by atoms with E-state index in [1.807, 2.05) is 32.0 Å². The number of nitrogens with zero attached hydrogens (tertiary/aromatic N) is 2. The van der Waals surface area contributed by atoms with Gasteiger partial charge in [0.05, 0.1) is 42.8 Å². The molecule has 0 bridgehead atoms. The smallest absolute Gasteiger partial charge is 0.363 e. The van der Waals surface area contributed by atoms with Gasteiger partial charge in [-0.25, -0.2) is 9.59 Å². The summed E-state index contributed by atoms with van der Waals surface area (Å²) in [5.74, 6) is -6.25. The summed E-state index contributed by atoms with van der Waals surface area (Å²) >= 11 is 0. The van der Waals surface area contributed by atoms with Crippen molar-refractivity contribution in [3.63, 3.8) is 0 Å². The molecule has 0 radical (unpaired) electrons. The van der Waals surface area contributed by atoms with Crippen molar-refractivity contribution in [1.82, 2.24) is 21.0 Å². The number of unbranched alkanes of at least 4 members (excludes halogenated alkanes) is 2. The van der Waals surface area contributed by atoms with Crippen molar-refractivity contribution in [2.24, 2.45) is 5.92 Å². The molecule has 3 aromatic rings. The van der Waals surface area contributed by atoms with Gasteiger partial charge in [0.2, 0.25) is 12.3 Å². The number of nitrogens with one attached hydrogen (secondary N) is 3. The number of anilines is 1. The fourth-order valence-electron chi connectivity index (χ4n) is 5.77. The summed E-state index contributed by atoms with van der Waals surface area (Å²) < 4.78 is 11.3. The van der Waals surface area contributed by atoms with Crippen LogP contribution in [0.1, 0.15) is 90.6 Å². The average molecular weight is 780 g/mol. The molecular weight excluding hydrogens is 730 g/mol. The van der Waals surface area contributed by atoms with E-state index in [9.17, 15) is 38.7 Å². The maximum atomic E-state index is 13.6. The number of hydrogen-bond acceptors (Lipinski definition) is 11. The third-order valence-corrected chi connectivity index (χ3v) is 8.69. The molecule has 0 aliphatic heterocycles. The fraction of sp³-hybridized carbons (Fsp3) is 0.410. The molecule has 5 N–H and O–H groups in total. The molecule has 17 heteroatoms. The van der Waals surface area contributed by atoms with Gasteiger partial charge >= 0.3 is 17.9 Å². The van der Waals surface area contributed by atoms with Crippen LogP contribution < -0.4 is 25.6 Å². The monoisotopic (exact) mass is 779 g/mol. The highest BCUT2D eigenvalue weighted by Crippen LogP contribution is 2.29. The Hall–Kier alpha value is -6.39. The van der Waals surface area contributed by atoms with Gasteiger partial charge in [-0.1, -0.05) is 45.2 Å². The molecular formula is C39H49N5O12. The Bertz CT molecular complexity index is 1860. The number of hydrogen-bond donors (Lipinski definition) is 5. The SMILES string of the molecule is CCCCCC(C(=O)NCNC(=O)c1ccc(-c2ccc(C(=O)NC(CC(=O)O)C(=O)O)c(OCC)c2)o1)C(CC)N(C=O)OC(=O)c1cccc(N(C)C)c1. The minimum absolute atomic E-state index is 0.0463. The highest BCUT2D eigenvalue weighted by molar-refractivity contribution is 6.00. The topological polar surface area (TPSA) is 234 Å². The van der Waals surface area contributed by atoms with Crippen LogP contribution in [-0.4, -0.2) is 96.8 Å². The predicted octanol–water partition coefficient (Wildman–Crippen LogP) is 4.08. The number of amides is 4. The van der Waals surface area contributed by atoms with E-state index in [4.69, 9.17) is 19.1 Å². The average Bonchev–Trinajstić information content (AvgIpc) is 3.67. The van der Waals surface area contributed by atoms with Gasteiger partial charge < -0.3 is 45.1 Å². The summed E-state index contributed by atoms with van der Waals surface area (Å²) in [6.45, 7) is 5.31. The second kappa shape index (κ2) is 21.5. The van der Waals surface area contributed by atoms with E-state index in [2.05, 4.69) is 16.0 Å². The van der Waals surface area contributed by atoms with Crippen LogP contribution in [0, 0.1) is 5.92 Å². The van der Waals surface area contributed by atoms with Crippen LogP contribution in [0.3, 0.4) is 0 Å². The minimum atomic E-state index is -1.67. The summed E-state index contributed by atoms with van der Waals surface area (Å²) in [5, 5.41) is 26.6. The summed E-state index contributed by atoms with van der Waals surface area (Å²) in [6, 6.07) is 11.4. The van der Waals surface area contributed by atoms with Crippen molar-refractivity contribution in [3.8, 4) is 17.1 Å². The molecule has 3 atom stereocenters. The lowest BCUT2D eigenvalue weighted by Gasteiger charge is -2.31. The van der Waals surface area contributed by atoms with Crippen LogP contribution >= 0.6 is 0 Å². The number of ether oxygens (including phenoxy) is 1. The van der Waals surface area contributed by atoms with E-state index < -0.39 is 60.1 Å². The van der Waals surface area contributed by atoms with Crippen LogP contribution in [0.5, 0.6) is 5.75 Å². The molecule has 4 amide bonds. The van der Waals surface area contributed by atoms with Gasteiger partial charge in [-0.2, -0.15) is 5.06 Å². The Morgan fingerprint density at radius 1 is 0.911 bits per heavy atom. The molecule has 56 heavy (non-hydrogen) atoms. The molecule has 302 valence electrons. The molecule has 3 rings (SSSR count). The summed E-state index contributed by atoms with van der Waals surface area (Å²) in [7, 11) is 3.65. The zero-order valence-electron chi connectivity index (χ0n) is 32.0. The number of carboxylic acids is 2. The maximum absolute atomic E-state index is 13.6. The van der Waals surface area contributed by atoms with Crippen molar-refractivity contribution in [2.75, 3.05) is 32.3 Å². The number of hydroxylamine groups is 2. The van der Waals surface area contributed by atoms with Crippen LogP contribution in [0.25, 0.3) is 11.3 Å². The summed E-state index contributed by atoms with van der Waals surface area (Å²) in [4.78, 5) is 94.6.